The van der Waals surface area contributed by atoms with Gasteiger partial charge in [0, 0.05) is 5.56 Å². The Balaban J connectivity index is 2.55. The molecule has 0 aliphatic heterocycles. The second-order valence-electron chi connectivity index (χ2n) is 3.21. The van der Waals surface area contributed by atoms with Gasteiger partial charge in [-0.3, -0.25) is 9.59 Å². The molecular weight excluding hydrogens is 278 g/mol. The number of H-pyrrole nitrogens is 1. The highest BCUT2D eigenvalue weighted by Gasteiger charge is 2.12. The predicted octanol–water partition coefficient (Wildman–Crippen LogP) is 2.56. The molecule has 0 bridgehead atoms. The van der Waals surface area contributed by atoms with Crippen LogP contribution in [0.25, 0.3) is 10.2 Å². The Morgan fingerprint density at radius 2 is 2.27 bits per heavy atom. The van der Waals surface area contributed by atoms with E-state index >= 15 is 0 Å². The lowest BCUT2D eigenvalue weighted by Crippen LogP contribution is -2.09. The van der Waals surface area contributed by atoms with Crippen LogP contribution in [0, 0.1) is 0 Å². The number of carbonyl (C=O) groups is 1. The third kappa shape index (κ3) is 2.03. The van der Waals surface area contributed by atoms with Crippen LogP contribution in [0.4, 0.5) is 0 Å². The molecule has 5 heteroatoms. The average Bonchev–Trinajstić information content (AvgIpc) is 2.55. The fraction of sp³-hybridized carbons (Fsp3) is 0.200. The van der Waals surface area contributed by atoms with E-state index in [1.165, 1.54) is 0 Å². The number of halogens is 1. The highest BCUT2D eigenvalue weighted by Crippen LogP contribution is 2.18. The van der Waals surface area contributed by atoms with Gasteiger partial charge in [-0.25, -0.2) is 0 Å². The number of fused-ring (bicyclic) bond motifs is 1. The summed E-state index contributed by atoms with van der Waals surface area (Å²) in [6.45, 7) is 1.78. The summed E-state index contributed by atoms with van der Waals surface area (Å²) in [5.74, 6) is 0.0257. The summed E-state index contributed by atoms with van der Waals surface area (Å²) in [7, 11) is 0. The zero-order valence-electron chi connectivity index (χ0n) is 7.91. The monoisotopic (exact) mass is 285 g/mol. The molecule has 0 spiro atoms. The van der Waals surface area contributed by atoms with Crippen molar-refractivity contribution >= 4 is 43.3 Å². The first-order chi connectivity index (χ1) is 7.08. The number of nitrogens with one attached hydrogen (secondary N) is 1. The lowest BCUT2D eigenvalue weighted by atomic mass is 10.1. The van der Waals surface area contributed by atoms with Crippen molar-refractivity contribution in [2.45, 2.75) is 11.8 Å². The minimum absolute atomic E-state index is 0.0257. The summed E-state index contributed by atoms with van der Waals surface area (Å²) in [4.78, 5) is 25.1. The topological polar surface area (TPSA) is 49.9 Å². The molecule has 1 heterocycles. The zero-order valence-corrected chi connectivity index (χ0v) is 10.3. The first-order valence-electron chi connectivity index (χ1n) is 4.39. The van der Waals surface area contributed by atoms with E-state index in [2.05, 4.69) is 20.9 Å². The molecule has 0 aliphatic rings. The van der Waals surface area contributed by atoms with Gasteiger partial charge in [0.15, 0.2) is 5.78 Å². The molecule has 0 amide bonds. The number of alkyl halides is 1. The third-order valence-electron chi connectivity index (χ3n) is 2.07. The maximum absolute atomic E-state index is 11.7. The van der Waals surface area contributed by atoms with Gasteiger partial charge in [-0.15, -0.1) is 0 Å². The minimum Gasteiger partial charge on any atom is -0.312 e. The quantitative estimate of drug-likeness (QED) is 0.681. The van der Waals surface area contributed by atoms with Crippen molar-refractivity contribution in [2.75, 3.05) is 0 Å². The zero-order chi connectivity index (χ0) is 11.0. The summed E-state index contributed by atoms with van der Waals surface area (Å²) in [5, 5.41) is 0. The number of thiazole rings is 1. The van der Waals surface area contributed by atoms with Gasteiger partial charge in [-0.05, 0) is 25.1 Å². The molecule has 2 aromatic rings. The Kier molecular flexibility index (Phi) is 2.75. The minimum atomic E-state index is -0.203. The third-order valence-corrected chi connectivity index (χ3v) is 3.33. The van der Waals surface area contributed by atoms with Crippen molar-refractivity contribution in [3.8, 4) is 0 Å². The molecule has 1 atom stereocenters. The summed E-state index contributed by atoms with van der Waals surface area (Å²) in [6.07, 6.45) is 0. The van der Waals surface area contributed by atoms with Gasteiger partial charge in [0.2, 0.25) is 0 Å². The SMILES string of the molecule is CC(Br)C(=O)c1ccc2[nH]c(=O)sc2c1. The van der Waals surface area contributed by atoms with Crippen LogP contribution in [-0.4, -0.2) is 15.6 Å². The molecule has 78 valence electrons. The number of benzene rings is 1. The van der Waals surface area contributed by atoms with Crippen LogP contribution in [0.3, 0.4) is 0 Å². The molecule has 1 aromatic carbocycles. The van der Waals surface area contributed by atoms with Crippen LogP contribution in [0.5, 0.6) is 0 Å². The summed E-state index contributed by atoms with van der Waals surface area (Å²) in [5.41, 5.74) is 1.41. The Labute approximate surface area is 98.3 Å². The van der Waals surface area contributed by atoms with Crippen LogP contribution >= 0.6 is 27.3 Å². The summed E-state index contributed by atoms with van der Waals surface area (Å²) >= 11 is 4.35. The molecule has 0 fully saturated rings. The molecule has 2 rings (SSSR count). The number of aromatic amines is 1. The number of hydrogen-bond acceptors (Lipinski definition) is 3. The van der Waals surface area contributed by atoms with Crippen molar-refractivity contribution in [1.82, 2.24) is 4.98 Å². The van der Waals surface area contributed by atoms with Crippen molar-refractivity contribution < 1.29 is 4.79 Å². The summed E-state index contributed by atoms with van der Waals surface area (Å²) < 4.78 is 0.819. The van der Waals surface area contributed by atoms with Crippen LogP contribution in [0.2, 0.25) is 0 Å². The highest BCUT2D eigenvalue weighted by atomic mass is 79.9. The van der Waals surface area contributed by atoms with Gasteiger partial charge >= 0.3 is 4.87 Å². The lowest BCUT2D eigenvalue weighted by molar-refractivity contribution is 0.0996. The molecule has 0 saturated heterocycles. The molecule has 1 N–H and O–H groups in total. The fourth-order valence-corrected chi connectivity index (χ4v) is 2.37. The number of rotatable bonds is 2. The molecule has 0 aliphatic carbocycles. The number of aromatic nitrogens is 1. The van der Waals surface area contributed by atoms with Gasteiger partial charge in [0.1, 0.15) is 0 Å². The normalized spacial score (nSPS) is 12.9. The highest BCUT2D eigenvalue weighted by molar-refractivity contribution is 9.10. The fourth-order valence-electron chi connectivity index (χ4n) is 1.33. The van der Waals surface area contributed by atoms with Crippen LogP contribution < -0.4 is 4.87 Å². The molecule has 0 saturated carbocycles. The molecule has 1 aromatic heterocycles. The number of Topliss-reactive ketones (excluding diaryl/α,β-unsaturated/α-hetero) is 1. The van der Waals surface area contributed by atoms with Gasteiger partial charge in [-0.2, -0.15) is 0 Å². The van der Waals surface area contributed by atoms with Crippen molar-refractivity contribution in [3.05, 3.63) is 33.4 Å². The summed E-state index contributed by atoms with van der Waals surface area (Å²) in [6, 6.07) is 5.24. The maximum Gasteiger partial charge on any atom is 0.305 e. The van der Waals surface area contributed by atoms with E-state index in [0.717, 1.165) is 21.6 Å². The predicted molar refractivity (Wildman–Crippen MR) is 65.2 cm³/mol. The van der Waals surface area contributed by atoms with Gasteiger partial charge < -0.3 is 4.98 Å². The van der Waals surface area contributed by atoms with E-state index in [4.69, 9.17) is 0 Å². The van der Waals surface area contributed by atoms with E-state index in [9.17, 15) is 9.59 Å². The van der Waals surface area contributed by atoms with Crippen LogP contribution in [-0.2, 0) is 0 Å². The first kappa shape index (κ1) is 10.6. The first-order valence-corrected chi connectivity index (χ1v) is 6.12. The Bertz CT molecular complexity index is 570. The van der Waals surface area contributed by atoms with Gasteiger partial charge in [0.05, 0.1) is 15.0 Å². The maximum atomic E-state index is 11.7. The van der Waals surface area contributed by atoms with E-state index < -0.39 is 0 Å². The standard InChI is InChI=1S/C10H8BrNO2S/c1-5(11)9(13)6-2-3-7-8(4-6)15-10(14)12-7/h2-5H,1H3,(H,12,14). The van der Waals surface area contributed by atoms with Gasteiger partial charge in [-0.1, -0.05) is 27.3 Å². The van der Waals surface area contributed by atoms with Crippen molar-refractivity contribution in [1.29, 1.82) is 0 Å². The molecular formula is C10H8BrNO2S. The lowest BCUT2D eigenvalue weighted by Gasteiger charge is -2.01. The largest absolute Gasteiger partial charge is 0.312 e. The van der Waals surface area contributed by atoms with E-state index in [0.29, 0.717) is 5.56 Å². The number of ketones is 1. The smallest absolute Gasteiger partial charge is 0.305 e. The van der Waals surface area contributed by atoms with Crippen LogP contribution in [0.1, 0.15) is 17.3 Å². The molecule has 0 radical (unpaired) electrons. The van der Waals surface area contributed by atoms with Crippen molar-refractivity contribution in [3.63, 3.8) is 0 Å². The van der Waals surface area contributed by atoms with Crippen molar-refractivity contribution in [2.24, 2.45) is 0 Å². The second kappa shape index (κ2) is 3.90. The Morgan fingerprint density at radius 3 is 2.93 bits per heavy atom. The average molecular weight is 286 g/mol. The molecule has 15 heavy (non-hydrogen) atoms. The van der Waals surface area contributed by atoms with E-state index in [-0.39, 0.29) is 15.5 Å². The molecule has 1 unspecified atom stereocenters. The number of carbonyl (C=O) groups excluding carboxylic acids is 1. The van der Waals surface area contributed by atoms with Gasteiger partial charge in [0.25, 0.3) is 0 Å². The number of hydrogen-bond donors (Lipinski definition) is 1. The Morgan fingerprint density at radius 1 is 1.53 bits per heavy atom. The Hall–Kier alpha value is -0.940. The van der Waals surface area contributed by atoms with E-state index in [1.54, 1.807) is 25.1 Å². The van der Waals surface area contributed by atoms with Crippen LogP contribution in [0.15, 0.2) is 23.0 Å². The second-order valence-corrected chi connectivity index (χ2v) is 5.59. The molecule has 3 nitrogen and oxygen atoms in total. The van der Waals surface area contributed by atoms with E-state index in [1.807, 2.05) is 0 Å².